The number of benzene rings is 1. The average molecular weight is 345 g/mol. The number of nitrogens with two attached hydrogens (primary N) is 1. The van der Waals surface area contributed by atoms with Gasteiger partial charge in [-0.15, -0.1) is 11.8 Å². The third-order valence-corrected chi connectivity index (χ3v) is 5.81. The van der Waals surface area contributed by atoms with Crippen LogP contribution in [-0.4, -0.2) is 41.8 Å². The van der Waals surface area contributed by atoms with Gasteiger partial charge in [-0.05, 0) is 61.7 Å². The molecule has 2 aliphatic rings. The summed E-state index contributed by atoms with van der Waals surface area (Å²) in [6, 6.07) is 10.3. The van der Waals surface area contributed by atoms with Crippen LogP contribution in [-0.2, 0) is 6.42 Å². The topological polar surface area (TPSA) is 42.1 Å². The Morgan fingerprint density at radius 3 is 2.79 bits per heavy atom. The van der Waals surface area contributed by atoms with Crippen LogP contribution in [0.5, 0.6) is 0 Å². The van der Waals surface area contributed by atoms with E-state index in [9.17, 15) is 4.39 Å². The van der Waals surface area contributed by atoms with Crippen LogP contribution < -0.4 is 5.73 Å². The van der Waals surface area contributed by atoms with Crippen molar-refractivity contribution in [1.82, 2.24) is 9.88 Å². The van der Waals surface area contributed by atoms with Crippen molar-refractivity contribution < 1.29 is 4.39 Å². The maximum Gasteiger partial charge on any atom is 0.213 e. The molecule has 0 aliphatic carbocycles. The molecule has 2 aromatic rings. The number of likely N-dealkylation sites (tertiary alicyclic amines) is 1. The van der Waals surface area contributed by atoms with E-state index < -0.39 is 5.95 Å². The highest BCUT2D eigenvalue weighted by Gasteiger charge is 2.18. The van der Waals surface area contributed by atoms with Crippen molar-refractivity contribution in [3.63, 3.8) is 0 Å². The summed E-state index contributed by atoms with van der Waals surface area (Å²) in [5.74, 6) is 0.733. The number of thioether (sulfide) groups is 1. The summed E-state index contributed by atoms with van der Waals surface area (Å²) in [7, 11) is 2.14. The number of aromatic nitrogens is 1. The Balaban J connectivity index is 0.000000179. The Labute approximate surface area is 147 Å². The Bertz CT molecular complexity index is 692. The quantitative estimate of drug-likeness (QED) is 0.845. The number of rotatable bonds is 2. The fourth-order valence-electron chi connectivity index (χ4n) is 3.23. The predicted molar refractivity (Wildman–Crippen MR) is 98.8 cm³/mol. The lowest BCUT2D eigenvalue weighted by atomic mass is 10.0. The zero-order valence-corrected chi connectivity index (χ0v) is 14.9. The van der Waals surface area contributed by atoms with E-state index in [1.54, 1.807) is 0 Å². The standard InChI is InChI=1S/C13H10FNS.C6H14N2/c14-13-8-10(3-5-15-13)9-1-2-12-11(7-9)4-6-16-12;1-8-4-2-3-6(8)5-7/h1-3,5,7-8H,4,6H2;6H,2-5,7H2,1H3. The van der Waals surface area contributed by atoms with Crippen LogP contribution in [0.2, 0.25) is 0 Å². The first-order valence-corrected chi connectivity index (χ1v) is 9.44. The Morgan fingerprint density at radius 2 is 2.12 bits per heavy atom. The lowest BCUT2D eigenvalue weighted by Crippen LogP contribution is -2.31. The maximum absolute atomic E-state index is 13.0. The molecular formula is C19H24FN3S. The van der Waals surface area contributed by atoms with E-state index in [1.165, 1.54) is 42.1 Å². The molecule has 1 saturated heterocycles. The van der Waals surface area contributed by atoms with E-state index >= 15 is 0 Å². The van der Waals surface area contributed by atoms with Crippen LogP contribution in [0.25, 0.3) is 11.1 Å². The van der Waals surface area contributed by atoms with E-state index in [0.29, 0.717) is 6.04 Å². The van der Waals surface area contributed by atoms with Gasteiger partial charge in [0.15, 0.2) is 0 Å². The molecular weight excluding hydrogens is 321 g/mol. The first-order chi connectivity index (χ1) is 11.7. The summed E-state index contributed by atoms with van der Waals surface area (Å²) < 4.78 is 13.0. The van der Waals surface area contributed by atoms with Crippen molar-refractivity contribution >= 4 is 11.8 Å². The molecule has 128 valence electrons. The van der Waals surface area contributed by atoms with Crippen molar-refractivity contribution in [1.29, 1.82) is 0 Å². The van der Waals surface area contributed by atoms with Gasteiger partial charge >= 0.3 is 0 Å². The number of fused-ring (bicyclic) bond motifs is 1. The van der Waals surface area contributed by atoms with Gasteiger partial charge in [0.05, 0.1) is 0 Å². The van der Waals surface area contributed by atoms with E-state index in [4.69, 9.17) is 5.73 Å². The van der Waals surface area contributed by atoms with Gasteiger partial charge in [-0.25, -0.2) is 4.98 Å². The predicted octanol–water partition coefficient (Wildman–Crippen LogP) is 3.58. The first kappa shape index (κ1) is 17.4. The minimum absolute atomic E-state index is 0.424. The summed E-state index contributed by atoms with van der Waals surface area (Å²) in [5.41, 5.74) is 8.82. The van der Waals surface area contributed by atoms with Crippen LogP contribution in [0.1, 0.15) is 18.4 Å². The SMILES string of the molecule is CN1CCCC1CN.Fc1cc(-c2ccc3c(c2)CCS3)ccn1. The molecule has 3 heterocycles. The molecule has 0 radical (unpaired) electrons. The summed E-state index contributed by atoms with van der Waals surface area (Å²) >= 11 is 1.89. The largest absolute Gasteiger partial charge is 0.329 e. The number of aryl methyl sites for hydroxylation is 1. The van der Waals surface area contributed by atoms with Crippen LogP contribution in [0.4, 0.5) is 4.39 Å². The highest BCUT2D eigenvalue weighted by Crippen LogP contribution is 2.34. The van der Waals surface area contributed by atoms with E-state index in [0.717, 1.165) is 29.8 Å². The molecule has 0 amide bonds. The molecule has 1 aromatic heterocycles. The second-order valence-corrected chi connectivity index (χ2v) is 7.44. The smallest absolute Gasteiger partial charge is 0.213 e. The number of pyridine rings is 1. The normalized spacial score (nSPS) is 19.7. The molecule has 4 rings (SSSR count). The van der Waals surface area contributed by atoms with Crippen LogP contribution in [0, 0.1) is 5.95 Å². The van der Waals surface area contributed by atoms with Crippen molar-refractivity contribution in [2.75, 3.05) is 25.9 Å². The van der Waals surface area contributed by atoms with Gasteiger partial charge in [-0.2, -0.15) is 4.39 Å². The lowest BCUT2D eigenvalue weighted by Gasteiger charge is -2.15. The van der Waals surface area contributed by atoms with Crippen molar-refractivity contribution in [2.45, 2.75) is 30.2 Å². The van der Waals surface area contributed by atoms with Gasteiger partial charge in [0.25, 0.3) is 0 Å². The Kier molecular flexibility index (Phi) is 5.87. The van der Waals surface area contributed by atoms with Crippen LogP contribution in [0.3, 0.4) is 0 Å². The molecule has 0 saturated carbocycles. The maximum atomic E-state index is 13.0. The van der Waals surface area contributed by atoms with Crippen molar-refractivity contribution in [2.24, 2.45) is 5.73 Å². The fourth-order valence-corrected chi connectivity index (χ4v) is 4.28. The molecule has 2 N–H and O–H groups in total. The zero-order valence-electron chi connectivity index (χ0n) is 14.0. The molecule has 0 spiro atoms. The highest BCUT2D eigenvalue weighted by molar-refractivity contribution is 7.99. The number of halogens is 1. The summed E-state index contributed by atoms with van der Waals surface area (Å²) in [4.78, 5) is 7.26. The minimum atomic E-state index is -0.424. The van der Waals surface area contributed by atoms with Gasteiger partial charge in [-0.1, -0.05) is 12.1 Å². The second-order valence-electron chi connectivity index (χ2n) is 6.30. The molecule has 1 unspecified atom stereocenters. The summed E-state index contributed by atoms with van der Waals surface area (Å²) in [6.07, 6.45) is 5.25. The van der Waals surface area contributed by atoms with Gasteiger partial charge in [-0.3, -0.25) is 0 Å². The van der Waals surface area contributed by atoms with E-state index in [2.05, 4.69) is 29.1 Å². The first-order valence-electron chi connectivity index (χ1n) is 8.45. The summed E-state index contributed by atoms with van der Waals surface area (Å²) in [5, 5.41) is 0. The third-order valence-electron chi connectivity index (χ3n) is 4.69. The van der Waals surface area contributed by atoms with Crippen molar-refractivity contribution in [3.05, 3.63) is 48.0 Å². The van der Waals surface area contributed by atoms with Crippen LogP contribution >= 0.6 is 11.8 Å². The zero-order chi connectivity index (χ0) is 16.9. The van der Waals surface area contributed by atoms with Gasteiger partial charge < -0.3 is 10.6 Å². The van der Waals surface area contributed by atoms with Crippen LogP contribution in [0.15, 0.2) is 41.4 Å². The molecule has 1 fully saturated rings. The molecule has 24 heavy (non-hydrogen) atoms. The van der Waals surface area contributed by atoms with E-state index in [-0.39, 0.29) is 0 Å². The van der Waals surface area contributed by atoms with Crippen molar-refractivity contribution in [3.8, 4) is 11.1 Å². The van der Waals surface area contributed by atoms with Gasteiger partial charge in [0, 0.05) is 35.5 Å². The minimum Gasteiger partial charge on any atom is -0.329 e. The highest BCUT2D eigenvalue weighted by atomic mass is 32.2. The second kappa shape index (κ2) is 8.10. The van der Waals surface area contributed by atoms with E-state index in [1.807, 2.05) is 23.9 Å². The molecule has 5 heteroatoms. The number of nitrogens with zero attached hydrogens (tertiary/aromatic N) is 2. The molecule has 2 aliphatic heterocycles. The summed E-state index contributed by atoms with van der Waals surface area (Å²) in [6.45, 7) is 2.07. The Hall–Kier alpha value is -1.43. The molecule has 1 aromatic carbocycles. The molecule has 1 atom stereocenters. The van der Waals surface area contributed by atoms with Gasteiger partial charge in [0.2, 0.25) is 5.95 Å². The number of hydrogen-bond donors (Lipinski definition) is 1. The molecule has 0 bridgehead atoms. The molecule has 3 nitrogen and oxygen atoms in total. The number of hydrogen-bond acceptors (Lipinski definition) is 4. The lowest BCUT2D eigenvalue weighted by molar-refractivity contribution is 0.317. The monoisotopic (exact) mass is 345 g/mol. The average Bonchev–Trinajstić information content (AvgIpc) is 3.23. The fraction of sp³-hybridized carbons (Fsp3) is 0.421. The number of likely N-dealkylation sites (N-methyl/N-ethyl adjacent to an activating group) is 1. The van der Waals surface area contributed by atoms with Gasteiger partial charge in [0.1, 0.15) is 0 Å². The third kappa shape index (κ3) is 4.15. The Morgan fingerprint density at radius 1 is 1.29 bits per heavy atom.